The zero-order valence-corrected chi connectivity index (χ0v) is 13.4. The molecule has 0 bridgehead atoms. The van der Waals surface area contributed by atoms with E-state index in [1.54, 1.807) is 25.1 Å². The lowest BCUT2D eigenvalue weighted by atomic mass is 10.1. The number of carbonyl (C=O) groups excluding carboxylic acids is 1. The molecule has 2 aromatic carbocycles. The van der Waals surface area contributed by atoms with Crippen LogP contribution in [0.4, 0.5) is 8.78 Å². The highest BCUT2D eigenvalue weighted by Crippen LogP contribution is 2.23. The molecule has 0 fully saturated rings. The third kappa shape index (κ3) is 4.27. The molecule has 0 saturated carbocycles. The van der Waals surface area contributed by atoms with Crippen molar-refractivity contribution in [3.05, 3.63) is 64.1 Å². The Morgan fingerprint density at radius 3 is 2.68 bits per heavy atom. The molecule has 0 heterocycles. The van der Waals surface area contributed by atoms with Gasteiger partial charge in [0, 0.05) is 11.6 Å². The van der Waals surface area contributed by atoms with Gasteiger partial charge in [-0.25, -0.2) is 8.78 Å². The first-order valence-corrected chi connectivity index (χ1v) is 7.38. The van der Waals surface area contributed by atoms with Crippen molar-refractivity contribution >= 4 is 21.8 Å². The van der Waals surface area contributed by atoms with Gasteiger partial charge < -0.3 is 10.1 Å². The van der Waals surface area contributed by atoms with E-state index in [-0.39, 0.29) is 12.2 Å². The van der Waals surface area contributed by atoms with Crippen molar-refractivity contribution in [1.29, 1.82) is 0 Å². The van der Waals surface area contributed by atoms with E-state index in [2.05, 4.69) is 21.2 Å². The van der Waals surface area contributed by atoms with Gasteiger partial charge >= 0.3 is 0 Å². The first-order valence-electron chi connectivity index (χ1n) is 6.59. The summed E-state index contributed by atoms with van der Waals surface area (Å²) in [7, 11) is 0. The summed E-state index contributed by atoms with van der Waals surface area (Å²) >= 11 is 3.31. The number of hydrogen-bond acceptors (Lipinski definition) is 2. The average Bonchev–Trinajstić information content (AvgIpc) is 2.46. The molecule has 0 radical (unpaired) electrons. The largest absolute Gasteiger partial charge is 0.483 e. The summed E-state index contributed by atoms with van der Waals surface area (Å²) in [6, 6.07) is 9.80. The first-order chi connectivity index (χ1) is 10.5. The minimum Gasteiger partial charge on any atom is -0.483 e. The lowest BCUT2D eigenvalue weighted by molar-refractivity contribution is -0.123. The number of para-hydroxylation sites is 1. The minimum atomic E-state index is -0.695. The van der Waals surface area contributed by atoms with Crippen molar-refractivity contribution in [1.82, 2.24) is 5.32 Å². The second-order valence-corrected chi connectivity index (χ2v) is 5.53. The molecule has 0 aromatic heterocycles. The van der Waals surface area contributed by atoms with E-state index in [1.807, 2.05) is 6.07 Å². The first kappa shape index (κ1) is 16.4. The predicted molar refractivity (Wildman–Crippen MR) is 82.6 cm³/mol. The fourth-order valence-electron chi connectivity index (χ4n) is 1.92. The molecule has 6 heteroatoms. The number of halogens is 3. The second-order valence-electron chi connectivity index (χ2n) is 4.67. The highest BCUT2D eigenvalue weighted by atomic mass is 79.9. The van der Waals surface area contributed by atoms with Crippen molar-refractivity contribution in [2.45, 2.75) is 13.0 Å². The minimum absolute atomic E-state index is 0.199. The smallest absolute Gasteiger partial charge is 0.258 e. The Hall–Kier alpha value is -1.95. The van der Waals surface area contributed by atoms with E-state index in [0.717, 1.165) is 16.6 Å². The van der Waals surface area contributed by atoms with Gasteiger partial charge in [0.2, 0.25) is 0 Å². The Bertz CT molecular complexity index is 679. The molecule has 0 aliphatic heterocycles. The molecule has 1 atom stereocenters. The Morgan fingerprint density at radius 1 is 1.27 bits per heavy atom. The van der Waals surface area contributed by atoms with E-state index in [4.69, 9.17) is 4.74 Å². The zero-order chi connectivity index (χ0) is 16.1. The standard InChI is InChI=1S/C16H14BrF2NO2/c1-10(12-7-6-11(18)8-14(12)19)20-16(21)9-22-15-5-3-2-4-13(15)17/h2-8,10H,9H2,1H3,(H,20,21)/t10-/m0/s1. The van der Waals surface area contributed by atoms with E-state index >= 15 is 0 Å². The van der Waals surface area contributed by atoms with Crippen molar-refractivity contribution in [3.8, 4) is 5.75 Å². The van der Waals surface area contributed by atoms with Crippen LogP contribution in [0.5, 0.6) is 5.75 Å². The molecule has 116 valence electrons. The summed E-state index contributed by atoms with van der Waals surface area (Å²) in [4.78, 5) is 11.8. The van der Waals surface area contributed by atoms with Crippen molar-refractivity contribution < 1.29 is 18.3 Å². The molecule has 2 aromatic rings. The molecule has 0 saturated heterocycles. The molecule has 1 amide bonds. The summed E-state index contributed by atoms with van der Waals surface area (Å²) in [5, 5.41) is 2.60. The highest BCUT2D eigenvalue weighted by Gasteiger charge is 2.14. The van der Waals surface area contributed by atoms with Gasteiger partial charge in [-0.3, -0.25) is 4.79 Å². The van der Waals surface area contributed by atoms with Crippen LogP contribution in [0.2, 0.25) is 0 Å². The molecule has 0 spiro atoms. The molecule has 3 nitrogen and oxygen atoms in total. The number of rotatable bonds is 5. The Balaban J connectivity index is 1.93. The topological polar surface area (TPSA) is 38.3 Å². The van der Waals surface area contributed by atoms with E-state index in [0.29, 0.717) is 5.75 Å². The SMILES string of the molecule is C[C@H](NC(=O)COc1ccccc1Br)c1ccc(F)cc1F. The van der Waals surface area contributed by atoms with Gasteiger partial charge in [0.1, 0.15) is 17.4 Å². The lowest BCUT2D eigenvalue weighted by Gasteiger charge is -2.15. The number of hydrogen-bond donors (Lipinski definition) is 1. The predicted octanol–water partition coefficient (Wildman–Crippen LogP) is 3.98. The fraction of sp³-hybridized carbons (Fsp3) is 0.188. The van der Waals surface area contributed by atoms with Crippen LogP contribution < -0.4 is 10.1 Å². The van der Waals surface area contributed by atoms with Gasteiger partial charge in [0.15, 0.2) is 6.61 Å². The van der Waals surface area contributed by atoms with Gasteiger partial charge in [0.25, 0.3) is 5.91 Å². The van der Waals surface area contributed by atoms with Crippen LogP contribution in [-0.4, -0.2) is 12.5 Å². The maximum absolute atomic E-state index is 13.6. The van der Waals surface area contributed by atoms with E-state index in [1.165, 1.54) is 6.07 Å². The van der Waals surface area contributed by atoms with Crippen LogP contribution >= 0.6 is 15.9 Å². The third-order valence-electron chi connectivity index (χ3n) is 3.00. The number of amides is 1. The van der Waals surface area contributed by atoms with Crippen LogP contribution in [0.1, 0.15) is 18.5 Å². The zero-order valence-electron chi connectivity index (χ0n) is 11.8. The maximum Gasteiger partial charge on any atom is 0.258 e. The van der Waals surface area contributed by atoms with E-state index < -0.39 is 23.6 Å². The normalized spacial score (nSPS) is 11.8. The van der Waals surface area contributed by atoms with Gasteiger partial charge in [-0.15, -0.1) is 0 Å². The second kappa shape index (κ2) is 7.35. The Labute approximate surface area is 135 Å². The van der Waals surface area contributed by atoms with Gasteiger partial charge in [-0.1, -0.05) is 18.2 Å². The molecule has 0 unspecified atom stereocenters. The van der Waals surface area contributed by atoms with Crippen LogP contribution in [0.3, 0.4) is 0 Å². The average molecular weight is 370 g/mol. The highest BCUT2D eigenvalue weighted by molar-refractivity contribution is 9.10. The molecule has 22 heavy (non-hydrogen) atoms. The van der Waals surface area contributed by atoms with E-state index in [9.17, 15) is 13.6 Å². The van der Waals surface area contributed by atoms with Crippen LogP contribution in [-0.2, 0) is 4.79 Å². The molecule has 0 aliphatic rings. The molecular weight excluding hydrogens is 356 g/mol. The number of carbonyl (C=O) groups is 1. The number of benzene rings is 2. The molecule has 2 rings (SSSR count). The van der Waals surface area contributed by atoms with Crippen molar-refractivity contribution in [3.63, 3.8) is 0 Å². The van der Waals surface area contributed by atoms with Crippen molar-refractivity contribution in [2.24, 2.45) is 0 Å². The fourth-order valence-corrected chi connectivity index (χ4v) is 2.32. The lowest BCUT2D eigenvalue weighted by Crippen LogP contribution is -2.31. The Morgan fingerprint density at radius 2 is 2.00 bits per heavy atom. The quantitative estimate of drug-likeness (QED) is 0.865. The summed E-state index contributed by atoms with van der Waals surface area (Å²) in [6.45, 7) is 1.42. The summed E-state index contributed by atoms with van der Waals surface area (Å²) in [6.07, 6.45) is 0. The monoisotopic (exact) mass is 369 g/mol. The Kier molecular flexibility index (Phi) is 5.49. The molecule has 1 N–H and O–H groups in total. The van der Waals surface area contributed by atoms with Crippen LogP contribution in [0.25, 0.3) is 0 Å². The van der Waals surface area contributed by atoms with Crippen LogP contribution in [0, 0.1) is 11.6 Å². The van der Waals surface area contributed by atoms with Gasteiger partial charge in [0.05, 0.1) is 10.5 Å². The molecular formula is C16H14BrF2NO2. The summed E-state index contributed by atoms with van der Waals surface area (Å²) in [5.74, 6) is -1.21. The third-order valence-corrected chi connectivity index (χ3v) is 3.66. The molecule has 0 aliphatic carbocycles. The summed E-state index contributed by atoms with van der Waals surface area (Å²) in [5.41, 5.74) is 0.218. The van der Waals surface area contributed by atoms with Gasteiger partial charge in [-0.2, -0.15) is 0 Å². The summed E-state index contributed by atoms with van der Waals surface area (Å²) < 4.78 is 32.6. The van der Waals surface area contributed by atoms with Crippen molar-refractivity contribution in [2.75, 3.05) is 6.61 Å². The van der Waals surface area contributed by atoms with Crippen LogP contribution in [0.15, 0.2) is 46.9 Å². The number of nitrogens with one attached hydrogen (secondary N) is 1. The number of ether oxygens (including phenoxy) is 1. The van der Waals surface area contributed by atoms with Gasteiger partial charge in [-0.05, 0) is 41.1 Å². The maximum atomic E-state index is 13.6.